The molecular weight excluding hydrogens is 312 g/mol. The van der Waals surface area contributed by atoms with E-state index in [1.54, 1.807) is 0 Å². The molecule has 2 saturated heterocycles. The molecule has 0 bridgehead atoms. The van der Waals surface area contributed by atoms with Crippen LogP contribution in [0.25, 0.3) is 0 Å². The molecule has 2 aromatic rings. The summed E-state index contributed by atoms with van der Waals surface area (Å²) in [6.45, 7) is 3.24. The van der Waals surface area contributed by atoms with E-state index in [0.717, 1.165) is 19.6 Å². The topological polar surface area (TPSA) is 17.3 Å². The predicted octanol–water partition coefficient (Wildman–Crippen LogP) is 4.07. The van der Waals surface area contributed by atoms with E-state index in [4.69, 9.17) is 5.32 Å². The van der Waals surface area contributed by atoms with Crippen molar-refractivity contribution in [3.63, 3.8) is 0 Å². The van der Waals surface area contributed by atoms with E-state index >= 15 is 0 Å². The zero-order chi connectivity index (χ0) is 16.2. The minimum Gasteiger partial charge on any atom is -0.278 e. The summed E-state index contributed by atoms with van der Waals surface area (Å²) in [5.41, 5.74) is 2.61. The number of rotatable bonds is 3. The molecule has 2 aromatic carbocycles. The average Bonchev–Trinajstić information content (AvgIpc) is 2.70. The fourth-order valence-electron chi connectivity index (χ4n) is 4.32. The van der Waals surface area contributed by atoms with Gasteiger partial charge in [0.05, 0.1) is 0 Å². The number of thioether (sulfide) groups is 1. The maximum Gasteiger partial charge on any atom is 0.120 e. The first kappa shape index (κ1) is 16.2. The lowest BCUT2D eigenvalue weighted by Crippen LogP contribution is -2.60. The van der Waals surface area contributed by atoms with Crippen molar-refractivity contribution in [2.45, 2.75) is 24.4 Å². The molecule has 24 heavy (non-hydrogen) atoms. The second-order valence-electron chi connectivity index (χ2n) is 6.68. The Morgan fingerprint density at radius 2 is 1.58 bits per heavy atom. The Labute approximate surface area is 149 Å². The van der Waals surface area contributed by atoms with E-state index in [9.17, 15) is 0 Å². The maximum atomic E-state index is 5.33. The SMILES string of the molecule is c1ccc(C2CCC[N]C2(c2ccccc2)N2CCSCC2)cc1. The molecule has 0 saturated carbocycles. The molecule has 2 aliphatic rings. The largest absolute Gasteiger partial charge is 0.278 e. The third-order valence-corrected chi connectivity index (χ3v) is 6.33. The summed E-state index contributed by atoms with van der Waals surface area (Å²) in [6.07, 6.45) is 2.41. The first-order chi connectivity index (χ1) is 11.9. The third-order valence-electron chi connectivity index (χ3n) is 5.38. The van der Waals surface area contributed by atoms with Crippen molar-refractivity contribution in [1.82, 2.24) is 10.2 Å². The standard InChI is InChI=1S/C21H25N2S/c1-3-8-18(9-4-1)20-12-7-13-22-21(20,19-10-5-2-6-11-19)23-14-16-24-17-15-23/h1-6,8-11,20H,7,12-17H2. The Balaban J connectivity index is 1.83. The molecule has 2 unspecified atom stereocenters. The van der Waals surface area contributed by atoms with Crippen LogP contribution in [0.2, 0.25) is 0 Å². The zero-order valence-electron chi connectivity index (χ0n) is 14.1. The van der Waals surface area contributed by atoms with Crippen molar-refractivity contribution in [1.29, 1.82) is 0 Å². The predicted molar refractivity (Wildman–Crippen MR) is 102 cm³/mol. The van der Waals surface area contributed by atoms with Crippen LogP contribution in [-0.2, 0) is 5.66 Å². The molecule has 2 aliphatic heterocycles. The van der Waals surface area contributed by atoms with Crippen molar-refractivity contribution >= 4 is 11.8 Å². The number of hydrogen-bond acceptors (Lipinski definition) is 2. The van der Waals surface area contributed by atoms with Crippen LogP contribution in [0.5, 0.6) is 0 Å². The first-order valence-corrected chi connectivity index (χ1v) is 10.2. The first-order valence-electron chi connectivity index (χ1n) is 9.03. The van der Waals surface area contributed by atoms with Gasteiger partial charge in [0.25, 0.3) is 0 Å². The highest BCUT2D eigenvalue weighted by atomic mass is 32.2. The van der Waals surface area contributed by atoms with Gasteiger partial charge in [0, 0.05) is 37.1 Å². The monoisotopic (exact) mass is 337 g/mol. The summed E-state index contributed by atoms with van der Waals surface area (Å²) in [5, 5.41) is 5.33. The van der Waals surface area contributed by atoms with Gasteiger partial charge in [-0.15, -0.1) is 0 Å². The van der Waals surface area contributed by atoms with Crippen molar-refractivity contribution in [3.05, 3.63) is 71.8 Å². The van der Waals surface area contributed by atoms with E-state index in [2.05, 4.69) is 77.3 Å². The number of hydrogen-bond donors (Lipinski definition) is 0. The second-order valence-corrected chi connectivity index (χ2v) is 7.90. The summed E-state index contributed by atoms with van der Waals surface area (Å²) in [6, 6.07) is 22.1. The van der Waals surface area contributed by atoms with Gasteiger partial charge in [-0.25, -0.2) is 5.32 Å². The Hall–Kier alpha value is -1.29. The van der Waals surface area contributed by atoms with Gasteiger partial charge in [0.1, 0.15) is 5.66 Å². The summed E-state index contributed by atoms with van der Waals surface area (Å²) < 4.78 is 0. The summed E-state index contributed by atoms with van der Waals surface area (Å²) in [4.78, 5) is 2.66. The molecule has 0 aliphatic carbocycles. The summed E-state index contributed by atoms with van der Waals surface area (Å²) in [5.74, 6) is 2.87. The third kappa shape index (κ3) is 2.90. The highest BCUT2D eigenvalue weighted by Gasteiger charge is 2.48. The molecule has 3 heteroatoms. The quantitative estimate of drug-likeness (QED) is 0.840. The zero-order valence-corrected chi connectivity index (χ0v) is 14.9. The molecule has 2 atom stereocenters. The molecule has 2 heterocycles. The maximum absolute atomic E-state index is 5.33. The lowest BCUT2D eigenvalue weighted by molar-refractivity contribution is 0.00827. The lowest BCUT2D eigenvalue weighted by Gasteiger charge is -2.52. The van der Waals surface area contributed by atoms with Gasteiger partial charge in [0.15, 0.2) is 0 Å². The van der Waals surface area contributed by atoms with E-state index in [1.165, 1.54) is 35.5 Å². The summed E-state index contributed by atoms with van der Waals surface area (Å²) in [7, 11) is 0. The molecule has 2 fully saturated rings. The van der Waals surface area contributed by atoms with Gasteiger partial charge >= 0.3 is 0 Å². The van der Waals surface area contributed by atoms with E-state index in [0.29, 0.717) is 5.92 Å². The molecular formula is C21H25N2S. The fourth-order valence-corrected chi connectivity index (χ4v) is 5.23. The van der Waals surface area contributed by atoms with Gasteiger partial charge in [-0.2, -0.15) is 11.8 Å². The van der Waals surface area contributed by atoms with Crippen LogP contribution in [0, 0.1) is 0 Å². The highest BCUT2D eigenvalue weighted by Crippen LogP contribution is 2.46. The van der Waals surface area contributed by atoms with Crippen molar-refractivity contribution in [2.75, 3.05) is 31.1 Å². The minimum absolute atomic E-state index is 0.193. The molecule has 2 nitrogen and oxygen atoms in total. The van der Waals surface area contributed by atoms with Crippen LogP contribution in [0.1, 0.15) is 29.9 Å². The normalized spacial score (nSPS) is 28.6. The van der Waals surface area contributed by atoms with E-state index in [1.807, 2.05) is 0 Å². The molecule has 4 rings (SSSR count). The molecule has 0 amide bonds. The number of nitrogens with zero attached hydrogens (tertiary/aromatic N) is 2. The highest BCUT2D eigenvalue weighted by molar-refractivity contribution is 7.99. The van der Waals surface area contributed by atoms with Crippen LogP contribution >= 0.6 is 11.8 Å². The molecule has 0 aromatic heterocycles. The fraction of sp³-hybridized carbons (Fsp3) is 0.429. The number of piperidine rings is 1. The van der Waals surface area contributed by atoms with Gasteiger partial charge in [-0.05, 0) is 24.0 Å². The average molecular weight is 338 g/mol. The van der Waals surface area contributed by atoms with Crippen LogP contribution in [0.3, 0.4) is 0 Å². The molecule has 0 N–H and O–H groups in total. The summed E-state index contributed by atoms with van der Waals surface area (Å²) >= 11 is 2.07. The Bertz CT molecular complexity index is 639. The second kappa shape index (κ2) is 7.30. The lowest BCUT2D eigenvalue weighted by atomic mass is 9.74. The van der Waals surface area contributed by atoms with Crippen molar-refractivity contribution in [2.24, 2.45) is 0 Å². The molecule has 125 valence electrons. The van der Waals surface area contributed by atoms with Crippen molar-refractivity contribution < 1.29 is 0 Å². The van der Waals surface area contributed by atoms with Crippen LogP contribution in [0.15, 0.2) is 60.7 Å². The van der Waals surface area contributed by atoms with Gasteiger partial charge in [0.2, 0.25) is 0 Å². The molecule has 1 radical (unpaired) electrons. The van der Waals surface area contributed by atoms with Gasteiger partial charge in [-0.1, -0.05) is 60.7 Å². The van der Waals surface area contributed by atoms with Crippen molar-refractivity contribution in [3.8, 4) is 0 Å². The van der Waals surface area contributed by atoms with Crippen LogP contribution < -0.4 is 5.32 Å². The minimum atomic E-state index is -0.193. The Morgan fingerprint density at radius 3 is 2.29 bits per heavy atom. The van der Waals surface area contributed by atoms with Gasteiger partial charge in [-0.3, -0.25) is 4.90 Å². The smallest absolute Gasteiger partial charge is 0.120 e. The van der Waals surface area contributed by atoms with Gasteiger partial charge < -0.3 is 0 Å². The van der Waals surface area contributed by atoms with Crippen LogP contribution in [0.4, 0.5) is 0 Å². The van der Waals surface area contributed by atoms with Crippen LogP contribution in [-0.4, -0.2) is 36.0 Å². The Morgan fingerprint density at radius 1 is 0.917 bits per heavy atom. The number of benzene rings is 2. The molecule has 0 spiro atoms. The van der Waals surface area contributed by atoms with E-state index < -0.39 is 0 Å². The Kier molecular flexibility index (Phi) is 4.93. The van der Waals surface area contributed by atoms with E-state index in [-0.39, 0.29) is 5.66 Å².